The lowest BCUT2D eigenvalue weighted by atomic mass is 9.89. The molecule has 0 saturated heterocycles. The number of ether oxygens (including phenoxy) is 1. The first-order chi connectivity index (χ1) is 10.8. The van der Waals surface area contributed by atoms with Crippen molar-refractivity contribution in [3.63, 3.8) is 0 Å². The van der Waals surface area contributed by atoms with E-state index in [1.807, 2.05) is 30.3 Å². The largest absolute Gasteiger partial charge is 0.468 e. The Morgan fingerprint density at radius 3 is 2.68 bits per heavy atom. The van der Waals surface area contributed by atoms with Gasteiger partial charge in [0, 0.05) is 6.54 Å². The Morgan fingerprint density at radius 2 is 2.00 bits per heavy atom. The predicted molar refractivity (Wildman–Crippen MR) is 89.7 cm³/mol. The highest BCUT2D eigenvalue weighted by Gasteiger charge is 2.18. The molecule has 1 saturated carbocycles. The predicted octanol–water partition coefficient (Wildman–Crippen LogP) is 3.50. The third-order valence-electron chi connectivity index (χ3n) is 4.31. The molecule has 1 aromatic rings. The molecule has 120 valence electrons. The summed E-state index contributed by atoms with van der Waals surface area (Å²) in [5.41, 5.74) is 1.14. The highest BCUT2D eigenvalue weighted by Crippen LogP contribution is 2.24. The van der Waals surface area contributed by atoms with E-state index < -0.39 is 0 Å². The van der Waals surface area contributed by atoms with E-state index in [0.29, 0.717) is 13.0 Å². The van der Waals surface area contributed by atoms with E-state index in [-0.39, 0.29) is 12.0 Å². The van der Waals surface area contributed by atoms with Crippen LogP contribution in [0.15, 0.2) is 42.5 Å². The lowest BCUT2D eigenvalue weighted by Gasteiger charge is -2.18. The molecule has 0 spiro atoms. The van der Waals surface area contributed by atoms with Crippen LogP contribution in [0, 0.1) is 5.92 Å². The monoisotopic (exact) mass is 301 g/mol. The molecule has 1 N–H and O–H groups in total. The fourth-order valence-corrected chi connectivity index (χ4v) is 3.03. The SMILES string of the molecule is COC(=O)[C@H](Cc1ccccc1)NC/C=C/C1CCCCC1. The summed E-state index contributed by atoms with van der Waals surface area (Å²) in [5.74, 6) is 0.524. The van der Waals surface area contributed by atoms with Crippen molar-refractivity contribution in [3.05, 3.63) is 48.0 Å². The maximum absolute atomic E-state index is 11.9. The van der Waals surface area contributed by atoms with Gasteiger partial charge in [-0.15, -0.1) is 0 Å². The van der Waals surface area contributed by atoms with Crippen molar-refractivity contribution < 1.29 is 9.53 Å². The molecule has 0 heterocycles. The Morgan fingerprint density at radius 1 is 1.27 bits per heavy atom. The van der Waals surface area contributed by atoms with E-state index in [1.165, 1.54) is 39.2 Å². The van der Waals surface area contributed by atoms with Crippen LogP contribution < -0.4 is 5.32 Å². The van der Waals surface area contributed by atoms with Crippen LogP contribution in [0.25, 0.3) is 0 Å². The van der Waals surface area contributed by atoms with Crippen LogP contribution in [0.3, 0.4) is 0 Å². The summed E-state index contributed by atoms with van der Waals surface area (Å²) in [6.07, 6.45) is 11.8. The smallest absolute Gasteiger partial charge is 0.323 e. The molecule has 1 fully saturated rings. The first kappa shape index (κ1) is 16.8. The first-order valence-corrected chi connectivity index (χ1v) is 8.31. The minimum absolute atomic E-state index is 0.199. The highest BCUT2D eigenvalue weighted by atomic mass is 16.5. The molecular weight excluding hydrogens is 274 g/mol. The molecule has 22 heavy (non-hydrogen) atoms. The number of hydrogen-bond acceptors (Lipinski definition) is 3. The van der Waals surface area contributed by atoms with E-state index >= 15 is 0 Å². The minimum Gasteiger partial charge on any atom is -0.468 e. The standard InChI is InChI=1S/C19H27NO2/c1-22-19(21)18(15-17-11-6-3-7-12-17)20-14-8-13-16-9-4-2-5-10-16/h3,6-8,11-13,16,18,20H,2,4-5,9-10,14-15H2,1H3/b13-8+/t18-/m0/s1. The average molecular weight is 301 g/mol. The van der Waals surface area contributed by atoms with Gasteiger partial charge in [-0.1, -0.05) is 61.7 Å². The van der Waals surface area contributed by atoms with Gasteiger partial charge in [0.05, 0.1) is 7.11 Å². The maximum atomic E-state index is 11.9. The molecule has 1 aromatic carbocycles. The van der Waals surface area contributed by atoms with Gasteiger partial charge in [-0.2, -0.15) is 0 Å². The second-order valence-corrected chi connectivity index (χ2v) is 6.00. The molecule has 0 radical (unpaired) electrons. The maximum Gasteiger partial charge on any atom is 0.323 e. The van der Waals surface area contributed by atoms with Crippen molar-refractivity contribution in [3.8, 4) is 0 Å². The molecule has 0 aliphatic heterocycles. The summed E-state index contributed by atoms with van der Waals surface area (Å²) < 4.78 is 4.91. The van der Waals surface area contributed by atoms with Gasteiger partial charge in [-0.3, -0.25) is 4.79 Å². The highest BCUT2D eigenvalue weighted by molar-refractivity contribution is 5.76. The van der Waals surface area contributed by atoms with E-state index in [1.54, 1.807) is 0 Å². The summed E-state index contributed by atoms with van der Waals surface area (Å²) in [6, 6.07) is 9.75. The first-order valence-electron chi connectivity index (χ1n) is 8.31. The molecule has 3 nitrogen and oxygen atoms in total. The van der Waals surface area contributed by atoms with E-state index in [9.17, 15) is 4.79 Å². The molecule has 0 aromatic heterocycles. The van der Waals surface area contributed by atoms with Crippen LogP contribution in [-0.4, -0.2) is 25.7 Å². The van der Waals surface area contributed by atoms with E-state index in [2.05, 4.69) is 17.5 Å². The molecular formula is C19H27NO2. The van der Waals surface area contributed by atoms with Gasteiger partial charge in [-0.05, 0) is 30.7 Å². The topological polar surface area (TPSA) is 38.3 Å². The van der Waals surface area contributed by atoms with Crippen LogP contribution >= 0.6 is 0 Å². The molecule has 2 rings (SSSR count). The van der Waals surface area contributed by atoms with E-state index in [4.69, 9.17) is 4.74 Å². The molecule has 0 bridgehead atoms. The lowest BCUT2D eigenvalue weighted by Crippen LogP contribution is -2.39. The zero-order valence-electron chi connectivity index (χ0n) is 13.5. The van der Waals surface area contributed by atoms with Gasteiger partial charge in [0.2, 0.25) is 0 Å². The molecule has 1 aliphatic rings. The van der Waals surface area contributed by atoms with Gasteiger partial charge < -0.3 is 10.1 Å². The molecule has 1 aliphatic carbocycles. The Hall–Kier alpha value is -1.61. The van der Waals surface area contributed by atoms with Gasteiger partial charge >= 0.3 is 5.97 Å². The third kappa shape index (κ3) is 5.64. The minimum atomic E-state index is -0.289. The second-order valence-electron chi connectivity index (χ2n) is 6.00. The van der Waals surface area contributed by atoms with Gasteiger partial charge in [0.15, 0.2) is 0 Å². The number of benzene rings is 1. The Balaban J connectivity index is 1.81. The lowest BCUT2D eigenvalue weighted by molar-refractivity contribution is -0.143. The summed E-state index contributed by atoms with van der Waals surface area (Å²) >= 11 is 0. The number of carbonyl (C=O) groups excluding carboxylic acids is 1. The number of allylic oxidation sites excluding steroid dienone is 1. The van der Waals surface area contributed by atoms with Crippen molar-refractivity contribution in [1.29, 1.82) is 0 Å². The fourth-order valence-electron chi connectivity index (χ4n) is 3.03. The van der Waals surface area contributed by atoms with Crippen molar-refractivity contribution in [2.45, 2.75) is 44.6 Å². The van der Waals surface area contributed by atoms with Gasteiger partial charge in [0.25, 0.3) is 0 Å². The van der Waals surface area contributed by atoms with Crippen LogP contribution in [0.5, 0.6) is 0 Å². The Kier molecular flexibility index (Phi) is 7.17. The van der Waals surface area contributed by atoms with Crippen LogP contribution in [0.1, 0.15) is 37.7 Å². The number of methoxy groups -OCH3 is 1. The zero-order valence-corrected chi connectivity index (χ0v) is 13.5. The number of rotatable bonds is 7. The zero-order chi connectivity index (χ0) is 15.6. The van der Waals surface area contributed by atoms with Crippen molar-refractivity contribution in [2.24, 2.45) is 5.92 Å². The normalized spacial score (nSPS) is 17.5. The quantitative estimate of drug-likeness (QED) is 0.619. The fraction of sp³-hybridized carbons (Fsp3) is 0.526. The van der Waals surface area contributed by atoms with Crippen molar-refractivity contribution in [1.82, 2.24) is 5.32 Å². The van der Waals surface area contributed by atoms with Crippen LogP contribution in [0.4, 0.5) is 0 Å². The summed E-state index contributed by atoms with van der Waals surface area (Å²) in [6.45, 7) is 0.711. The summed E-state index contributed by atoms with van der Waals surface area (Å²) in [7, 11) is 1.44. The summed E-state index contributed by atoms with van der Waals surface area (Å²) in [4.78, 5) is 11.9. The Labute approximate surface area is 133 Å². The molecule has 3 heteroatoms. The number of carbonyl (C=O) groups is 1. The molecule has 0 unspecified atom stereocenters. The number of nitrogens with one attached hydrogen (secondary N) is 1. The molecule has 0 amide bonds. The van der Waals surface area contributed by atoms with Gasteiger partial charge in [-0.25, -0.2) is 0 Å². The molecule has 1 atom stereocenters. The Bertz CT molecular complexity index is 464. The number of hydrogen-bond donors (Lipinski definition) is 1. The average Bonchev–Trinajstić information content (AvgIpc) is 2.58. The third-order valence-corrected chi connectivity index (χ3v) is 4.31. The van der Waals surface area contributed by atoms with Gasteiger partial charge in [0.1, 0.15) is 6.04 Å². The van der Waals surface area contributed by atoms with Crippen molar-refractivity contribution in [2.75, 3.05) is 13.7 Å². The van der Waals surface area contributed by atoms with E-state index in [0.717, 1.165) is 11.5 Å². The van der Waals surface area contributed by atoms with Crippen LogP contribution in [0.2, 0.25) is 0 Å². The van der Waals surface area contributed by atoms with Crippen LogP contribution in [-0.2, 0) is 16.0 Å². The second kappa shape index (κ2) is 9.42. The number of esters is 1. The summed E-state index contributed by atoms with van der Waals surface area (Å²) in [5, 5.41) is 3.30. The van der Waals surface area contributed by atoms with Crippen molar-refractivity contribution >= 4 is 5.97 Å².